The number of rotatable bonds is 6. The van der Waals surface area contributed by atoms with Gasteiger partial charge in [-0.25, -0.2) is 19.2 Å². The van der Waals surface area contributed by atoms with E-state index in [1.54, 1.807) is 40.1 Å². The van der Waals surface area contributed by atoms with Crippen LogP contribution in [-0.2, 0) is 5.60 Å². The average Bonchev–Trinajstić information content (AvgIpc) is 2.82. The quantitative estimate of drug-likeness (QED) is 0.241. The van der Waals surface area contributed by atoms with Gasteiger partial charge in [0.1, 0.15) is 11.4 Å². The van der Waals surface area contributed by atoms with Crippen molar-refractivity contribution in [3.05, 3.63) is 76.7 Å². The Morgan fingerprint density at radius 1 is 1.11 bits per heavy atom. The molecule has 0 fully saturated rings. The van der Waals surface area contributed by atoms with E-state index in [0.717, 1.165) is 11.1 Å². The summed E-state index contributed by atoms with van der Waals surface area (Å²) in [7, 11) is 0. The summed E-state index contributed by atoms with van der Waals surface area (Å²) in [6.45, 7) is 6.77. The number of aryl methyl sites for hydroxylation is 1. The molecule has 36 heavy (non-hydrogen) atoms. The second-order valence-corrected chi connectivity index (χ2v) is 9.38. The maximum atomic E-state index is 14.7. The second kappa shape index (κ2) is 9.67. The number of aliphatic hydroxyl groups is 1. The number of anilines is 2. The molecule has 0 bridgehead atoms. The largest absolute Gasteiger partial charge is 0.465 e. The first-order valence-corrected chi connectivity index (χ1v) is 11.5. The normalized spacial score (nSPS) is 12.4. The number of nitrogens with zero attached hydrogens (tertiary/aromatic N) is 3. The molecule has 2 aromatic heterocycles. The zero-order chi connectivity index (χ0) is 26.2. The van der Waals surface area contributed by atoms with Crippen LogP contribution in [-0.4, -0.2) is 31.3 Å². The molecule has 0 radical (unpaired) electrons. The first kappa shape index (κ1) is 25.3. The van der Waals surface area contributed by atoms with Crippen molar-refractivity contribution >= 4 is 40.0 Å². The molecule has 4 N–H and O–H groups in total. The lowest BCUT2D eigenvalue weighted by atomic mass is 10.0. The van der Waals surface area contributed by atoms with Crippen molar-refractivity contribution < 1.29 is 19.4 Å². The minimum atomic E-state index is -1.24. The molecule has 0 aliphatic carbocycles. The summed E-state index contributed by atoms with van der Waals surface area (Å²) in [6, 6.07) is 9.09. The van der Waals surface area contributed by atoms with E-state index >= 15 is 0 Å². The molecule has 8 nitrogen and oxygen atoms in total. The van der Waals surface area contributed by atoms with E-state index < -0.39 is 23.6 Å². The van der Waals surface area contributed by atoms with Crippen molar-refractivity contribution in [2.75, 3.05) is 10.6 Å². The predicted octanol–water partition coefficient (Wildman–Crippen LogP) is 6.28. The number of carbonyl (C=O) groups is 1. The van der Waals surface area contributed by atoms with E-state index in [9.17, 15) is 14.3 Å². The van der Waals surface area contributed by atoms with E-state index in [-0.39, 0.29) is 11.3 Å². The van der Waals surface area contributed by atoms with Crippen LogP contribution in [0.1, 0.15) is 43.9 Å². The number of hydrogen-bond donors (Lipinski definition) is 4. The fraction of sp³-hybridized carbons (Fsp3) is 0.231. The average molecular weight is 510 g/mol. The van der Waals surface area contributed by atoms with Gasteiger partial charge in [-0.15, -0.1) is 0 Å². The predicted molar refractivity (Wildman–Crippen MR) is 138 cm³/mol. The number of pyridine rings is 1. The topological polar surface area (TPSA) is 120 Å². The number of hydrogen-bond acceptors (Lipinski definition) is 6. The van der Waals surface area contributed by atoms with Gasteiger partial charge in [0.25, 0.3) is 0 Å². The van der Waals surface area contributed by atoms with Gasteiger partial charge in [0.2, 0.25) is 0 Å². The van der Waals surface area contributed by atoms with E-state index in [1.807, 2.05) is 18.2 Å². The van der Waals surface area contributed by atoms with Crippen molar-refractivity contribution in [1.82, 2.24) is 15.0 Å². The van der Waals surface area contributed by atoms with Crippen LogP contribution >= 0.6 is 11.6 Å². The first-order chi connectivity index (χ1) is 16.9. The highest BCUT2D eigenvalue weighted by molar-refractivity contribution is 6.35. The molecule has 4 rings (SSSR count). The Hall–Kier alpha value is -3.82. The third-order valence-electron chi connectivity index (χ3n) is 5.70. The third kappa shape index (κ3) is 5.22. The lowest BCUT2D eigenvalue weighted by molar-refractivity contribution is 0.0687. The van der Waals surface area contributed by atoms with Gasteiger partial charge in [0, 0.05) is 34.6 Å². The molecule has 0 spiro atoms. The molecule has 1 amide bonds. The molecular formula is C26H25ClFN5O3. The molecule has 0 aliphatic rings. The molecule has 186 valence electrons. The van der Waals surface area contributed by atoms with Crippen molar-refractivity contribution in [3.8, 4) is 11.1 Å². The van der Waals surface area contributed by atoms with Gasteiger partial charge in [-0.1, -0.05) is 17.7 Å². The third-order valence-corrected chi connectivity index (χ3v) is 6.16. The molecule has 4 aromatic rings. The van der Waals surface area contributed by atoms with E-state index in [1.165, 1.54) is 18.2 Å². The SMILES string of the molecule is Cc1nc2ccc(-c3cnc(C(C)(C)O)nc3)cc2c(NC(C)c2cc(NC(=O)O)ccc2F)c1Cl. The molecule has 0 saturated heterocycles. The maximum Gasteiger partial charge on any atom is 0.409 e. The summed E-state index contributed by atoms with van der Waals surface area (Å²) in [5, 5.41) is 25.7. The Morgan fingerprint density at radius 3 is 2.44 bits per heavy atom. The summed E-state index contributed by atoms with van der Waals surface area (Å²) in [5.41, 5.74) is 2.77. The van der Waals surface area contributed by atoms with Crippen LogP contribution in [0.15, 0.2) is 48.8 Å². The van der Waals surface area contributed by atoms with Crippen molar-refractivity contribution in [2.24, 2.45) is 0 Å². The van der Waals surface area contributed by atoms with Gasteiger partial charge in [-0.05, 0) is 63.6 Å². The molecule has 1 atom stereocenters. The highest BCUT2D eigenvalue weighted by Gasteiger charge is 2.20. The smallest absolute Gasteiger partial charge is 0.409 e. The number of nitrogens with one attached hydrogen (secondary N) is 2. The number of aromatic nitrogens is 3. The Bertz CT molecular complexity index is 1460. The van der Waals surface area contributed by atoms with Crippen LogP contribution in [0.5, 0.6) is 0 Å². The summed E-state index contributed by atoms with van der Waals surface area (Å²) >= 11 is 6.65. The molecule has 2 aromatic carbocycles. The standard InChI is InChI=1S/C26H25ClFN5O3/c1-13(18-10-17(33-25(34)35)6-7-20(18)28)32-23-19-9-15(5-8-21(19)31-14(2)22(23)27)16-11-29-24(30-12-16)26(3,4)36/h5-13,33,36H,1-4H3,(H,31,32)(H,34,35). The van der Waals surface area contributed by atoms with Crippen molar-refractivity contribution in [1.29, 1.82) is 0 Å². The van der Waals surface area contributed by atoms with Crippen LogP contribution in [0.25, 0.3) is 22.0 Å². The monoisotopic (exact) mass is 509 g/mol. The Morgan fingerprint density at radius 2 is 1.81 bits per heavy atom. The molecule has 0 aliphatic heterocycles. The maximum absolute atomic E-state index is 14.7. The molecule has 2 heterocycles. The molecular weight excluding hydrogens is 485 g/mol. The minimum absolute atomic E-state index is 0.256. The Labute approximate surface area is 212 Å². The molecule has 0 saturated carbocycles. The van der Waals surface area contributed by atoms with Crippen LogP contribution < -0.4 is 10.6 Å². The summed E-state index contributed by atoms with van der Waals surface area (Å²) in [5.74, 6) is -0.174. The fourth-order valence-corrected chi connectivity index (χ4v) is 4.05. The van der Waals surface area contributed by atoms with Gasteiger partial charge in [0.15, 0.2) is 5.82 Å². The van der Waals surface area contributed by atoms with Crippen molar-refractivity contribution in [2.45, 2.75) is 39.3 Å². The fourth-order valence-electron chi connectivity index (χ4n) is 3.85. The number of amides is 1. The molecule has 1 unspecified atom stereocenters. The van der Waals surface area contributed by atoms with Gasteiger partial charge in [-0.2, -0.15) is 0 Å². The highest BCUT2D eigenvalue weighted by atomic mass is 35.5. The lowest BCUT2D eigenvalue weighted by Gasteiger charge is -2.21. The van der Waals surface area contributed by atoms with E-state index in [4.69, 9.17) is 16.7 Å². The number of halogens is 2. The number of fused-ring (bicyclic) bond motifs is 1. The number of carboxylic acid groups (broad SMARTS) is 1. The van der Waals surface area contributed by atoms with Crippen LogP contribution in [0.4, 0.5) is 20.6 Å². The lowest BCUT2D eigenvalue weighted by Crippen LogP contribution is -2.19. The van der Waals surface area contributed by atoms with Crippen LogP contribution in [0.3, 0.4) is 0 Å². The zero-order valence-corrected chi connectivity index (χ0v) is 20.9. The number of benzene rings is 2. The van der Waals surface area contributed by atoms with Crippen molar-refractivity contribution in [3.63, 3.8) is 0 Å². The van der Waals surface area contributed by atoms with Gasteiger partial charge < -0.3 is 15.5 Å². The van der Waals surface area contributed by atoms with E-state index in [0.29, 0.717) is 33.1 Å². The zero-order valence-electron chi connectivity index (χ0n) is 20.1. The Kier molecular flexibility index (Phi) is 6.79. The van der Waals surface area contributed by atoms with Gasteiger partial charge >= 0.3 is 6.09 Å². The van der Waals surface area contributed by atoms with Crippen LogP contribution in [0, 0.1) is 12.7 Å². The minimum Gasteiger partial charge on any atom is -0.465 e. The molecule has 10 heteroatoms. The van der Waals surface area contributed by atoms with Gasteiger partial charge in [0.05, 0.1) is 28.0 Å². The van der Waals surface area contributed by atoms with Crippen LogP contribution in [0.2, 0.25) is 5.02 Å². The summed E-state index contributed by atoms with van der Waals surface area (Å²) in [6.07, 6.45) is 2.03. The van der Waals surface area contributed by atoms with Gasteiger partial charge in [-0.3, -0.25) is 10.3 Å². The van der Waals surface area contributed by atoms with E-state index in [2.05, 4.69) is 25.6 Å². The summed E-state index contributed by atoms with van der Waals surface area (Å²) < 4.78 is 14.7. The Balaban J connectivity index is 1.75. The first-order valence-electron chi connectivity index (χ1n) is 11.1. The summed E-state index contributed by atoms with van der Waals surface area (Å²) in [4.78, 5) is 24.1. The second-order valence-electron chi connectivity index (χ2n) is 9.00. The highest BCUT2D eigenvalue weighted by Crippen LogP contribution is 2.37.